The van der Waals surface area contributed by atoms with E-state index in [1.165, 1.54) is 5.01 Å². The third-order valence-electron chi connectivity index (χ3n) is 3.66. The molecule has 1 saturated heterocycles. The van der Waals surface area contributed by atoms with Gasteiger partial charge in [-0.1, -0.05) is 0 Å². The zero-order chi connectivity index (χ0) is 17.0. The molecule has 0 N–H and O–H groups in total. The topological polar surface area (TPSA) is 76.1 Å². The van der Waals surface area contributed by atoms with Gasteiger partial charge in [-0.15, -0.1) is 0 Å². The van der Waals surface area contributed by atoms with Crippen molar-refractivity contribution in [2.24, 2.45) is 0 Å². The van der Waals surface area contributed by atoms with Gasteiger partial charge in [0, 0.05) is 14.1 Å². The van der Waals surface area contributed by atoms with Gasteiger partial charge < -0.3 is 9.47 Å². The van der Waals surface area contributed by atoms with Crippen LogP contribution in [0, 0.1) is 0 Å². The van der Waals surface area contributed by atoms with Gasteiger partial charge in [-0.2, -0.15) is 0 Å². The number of hydrogen-bond acceptors (Lipinski definition) is 6. The molecule has 1 amide bonds. The molecule has 0 radical (unpaired) electrons. The van der Waals surface area contributed by atoms with Crippen LogP contribution >= 0.6 is 0 Å². The number of benzene rings is 1. The summed E-state index contributed by atoms with van der Waals surface area (Å²) in [5.74, 6) is 1.10. The van der Waals surface area contributed by atoms with Crippen molar-refractivity contribution in [1.29, 1.82) is 0 Å². The van der Waals surface area contributed by atoms with Gasteiger partial charge >= 0.3 is 0 Å². The lowest BCUT2D eigenvalue weighted by Gasteiger charge is -2.33. The molecule has 1 aliphatic rings. The van der Waals surface area contributed by atoms with E-state index in [9.17, 15) is 13.2 Å². The fraction of sp³-hybridized carbons (Fsp3) is 0.533. The summed E-state index contributed by atoms with van der Waals surface area (Å²) < 4.78 is 33.8. The van der Waals surface area contributed by atoms with E-state index in [0.29, 0.717) is 17.9 Å². The molecule has 0 aromatic heterocycles. The normalized spacial score (nSPS) is 19.6. The van der Waals surface area contributed by atoms with Gasteiger partial charge in [0.25, 0.3) is 5.91 Å². The van der Waals surface area contributed by atoms with Crippen LogP contribution in [0.3, 0.4) is 0 Å². The first-order chi connectivity index (χ1) is 10.8. The van der Waals surface area contributed by atoms with Gasteiger partial charge in [-0.05, 0) is 30.7 Å². The Labute approximate surface area is 136 Å². The molecule has 7 nitrogen and oxygen atoms in total. The minimum atomic E-state index is -3.06. The number of amides is 1. The third kappa shape index (κ3) is 4.59. The highest BCUT2D eigenvalue weighted by molar-refractivity contribution is 7.91. The summed E-state index contributed by atoms with van der Waals surface area (Å²) in [6.45, 7) is -0.152. The standard InChI is InChI=1S/C15H22N2O5S/c1-16(2)17(12-8-9-23(19,20)11-12)15(18)10-22-14-6-4-13(21-3)5-7-14/h4-7,12H,8-11H2,1-3H3. The highest BCUT2D eigenvalue weighted by Crippen LogP contribution is 2.20. The zero-order valence-electron chi connectivity index (χ0n) is 13.6. The summed E-state index contributed by atoms with van der Waals surface area (Å²) in [7, 11) is 1.95. The van der Waals surface area contributed by atoms with Crippen molar-refractivity contribution < 1.29 is 22.7 Å². The van der Waals surface area contributed by atoms with E-state index < -0.39 is 9.84 Å². The molecule has 128 valence electrons. The number of methoxy groups -OCH3 is 1. The van der Waals surface area contributed by atoms with Gasteiger partial charge in [0.1, 0.15) is 11.5 Å². The van der Waals surface area contributed by atoms with E-state index in [4.69, 9.17) is 9.47 Å². The molecule has 23 heavy (non-hydrogen) atoms. The van der Waals surface area contributed by atoms with Gasteiger partial charge in [-0.3, -0.25) is 9.80 Å². The second kappa shape index (κ2) is 7.18. The van der Waals surface area contributed by atoms with E-state index in [1.54, 1.807) is 50.5 Å². The second-order valence-electron chi connectivity index (χ2n) is 5.61. The molecule has 0 saturated carbocycles. The van der Waals surface area contributed by atoms with Crippen LogP contribution in [0.1, 0.15) is 6.42 Å². The quantitative estimate of drug-likeness (QED) is 0.704. The lowest BCUT2D eigenvalue weighted by molar-refractivity contribution is -0.151. The largest absolute Gasteiger partial charge is 0.497 e. The Morgan fingerprint density at radius 2 is 1.83 bits per heavy atom. The van der Waals surface area contributed by atoms with E-state index in [0.717, 1.165) is 0 Å². The Morgan fingerprint density at radius 1 is 1.22 bits per heavy atom. The third-order valence-corrected chi connectivity index (χ3v) is 5.41. The molecule has 1 aliphatic heterocycles. The Balaban J connectivity index is 1.98. The molecule has 0 bridgehead atoms. The number of carbonyl (C=O) groups is 1. The lowest BCUT2D eigenvalue weighted by atomic mass is 10.2. The van der Waals surface area contributed by atoms with Crippen LogP contribution in [0.5, 0.6) is 11.5 Å². The van der Waals surface area contributed by atoms with Crippen LogP contribution in [0.15, 0.2) is 24.3 Å². The van der Waals surface area contributed by atoms with Crippen molar-refractivity contribution in [3.8, 4) is 11.5 Å². The molecular weight excluding hydrogens is 320 g/mol. The number of hydrogen-bond donors (Lipinski definition) is 0. The highest BCUT2D eigenvalue weighted by Gasteiger charge is 2.36. The number of hydrazine groups is 1. The fourth-order valence-corrected chi connectivity index (χ4v) is 4.30. The summed E-state index contributed by atoms with van der Waals surface area (Å²) in [6.07, 6.45) is 0.453. The number of nitrogens with zero attached hydrogens (tertiary/aromatic N) is 2. The summed E-state index contributed by atoms with van der Waals surface area (Å²) in [6, 6.07) is 6.58. The summed E-state index contributed by atoms with van der Waals surface area (Å²) in [4.78, 5) is 12.4. The molecule has 1 unspecified atom stereocenters. The minimum Gasteiger partial charge on any atom is -0.497 e. The molecule has 8 heteroatoms. The van der Waals surface area contributed by atoms with Crippen molar-refractivity contribution >= 4 is 15.7 Å². The van der Waals surface area contributed by atoms with Gasteiger partial charge in [0.05, 0.1) is 24.7 Å². The number of ether oxygens (including phenoxy) is 2. The Hall–Kier alpha value is -1.80. The van der Waals surface area contributed by atoms with Gasteiger partial charge in [0.2, 0.25) is 0 Å². The van der Waals surface area contributed by atoms with Crippen molar-refractivity contribution in [1.82, 2.24) is 10.0 Å². The van der Waals surface area contributed by atoms with E-state index in [-0.39, 0.29) is 30.1 Å². The van der Waals surface area contributed by atoms with E-state index in [2.05, 4.69) is 0 Å². The first kappa shape index (κ1) is 17.6. The molecule has 1 atom stereocenters. The predicted octanol–water partition coefficient (Wildman–Crippen LogP) is 0.566. The SMILES string of the molecule is COc1ccc(OCC(=O)N(C2CCS(=O)(=O)C2)N(C)C)cc1. The molecule has 1 aromatic rings. The molecule has 1 aromatic carbocycles. The van der Waals surface area contributed by atoms with Crippen molar-refractivity contribution in [2.45, 2.75) is 12.5 Å². The van der Waals surface area contributed by atoms with Crippen LogP contribution in [0.25, 0.3) is 0 Å². The lowest BCUT2D eigenvalue weighted by Crippen LogP contribution is -2.51. The van der Waals surface area contributed by atoms with Crippen LogP contribution in [0.2, 0.25) is 0 Å². The molecule has 1 heterocycles. The maximum absolute atomic E-state index is 12.4. The predicted molar refractivity (Wildman–Crippen MR) is 86.1 cm³/mol. The maximum atomic E-state index is 12.4. The van der Waals surface area contributed by atoms with Crippen molar-refractivity contribution in [3.05, 3.63) is 24.3 Å². The van der Waals surface area contributed by atoms with E-state index >= 15 is 0 Å². The zero-order valence-corrected chi connectivity index (χ0v) is 14.4. The van der Waals surface area contributed by atoms with Crippen LogP contribution in [-0.2, 0) is 14.6 Å². The number of carbonyl (C=O) groups excluding carboxylic acids is 1. The first-order valence-corrected chi connectivity index (χ1v) is 9.11. The smallest absolute Gasteiger partial charge is 0.275 e. The average molecular weight is 342 g/mol. The second-order valence-corrected chi connectivity index (χ2v) is 7.84. The Morgan fingerprint density at radius 3 is 2.30 bits per heavy atom. The first-order valence-electron chi connectivity index (χ1n) is 7.29. The maximum Gasteiger partial charge on any atom is 0.275 e. The summed E-state index contributed by atoms with van der Waals surface area (Å²) in [5.41, 5.74) is 0. The van der Waals surface area contributed by atoms with Crippen LogP contribution in [0.4, 0.5) is 0 Å². The molecule has 2 rings (SSSR count). The van der Waals surface area contributed by atoms with E-state index in [1.807, 2.05) is 0 Å². The van der Waals surface area contributed by atoms with Crippen LogP contribution in [-0.4, -0.2) is 69.7 Å². The summed E-state index contributed by atoms with van der Waals surface area (Å²) >= 11 is 0. The average Bonchev–Trinajstić information content (AvgIpc) is 2.85. The Kier molecular flexibility index (Phi) is 5.48. The molecule has 0 spiro atoms. The highest BCUT2D eigenvalue weighted by atomic mass is 32.2. The fourth-order valence-electron chi connectivity index (χ4n) is 2.60. The van der Waals surface area contributed by atoms with Crippen LogP contribution < -0.4 is 9.47 Å². The molecular formula is C15H22N2O5S. The summed E-state index contributed by atoms with van der Waals surface area (Å²) in [5, 5.41) is 3.08. The van der Waals surface area contributed by atoms with Crippen molar-refractivity contribution in [3.63, 3.8) is 0 Å². The number of sulfone groups is 1. The molecule has 1 fully saturated rings. The minimum absolute atomic E-state index is 0.000540. The van der Waals surface area contributed by atoms with Gasteiger partial charge in [0.15, 0.2) is 16.4 Å². The molecule has 0 aliphatic carbocycles. The van der Waals surface area contributed by atoms with Crippen molar-refractivity contribution in [2.75, 3.05) is 39.3 Å². The Bertz CT molecular complexity index is 642. The van der Waals surface area contributed by atoms with Gasteiger partial charge in [-0.25, -0.2) is 13.4 Å². The number of rotatable bonds is 6. The monoisotopic (exact) mass is 342 g/mol.